The van der Waals surface area contributed by atoms with Crippen LogP contribution in [0.1, 0.15) is 30.1 Å². The van der Waals surface area contributed by atoms with Gasteiger partial charge in [-0.3, -0.25) is 4.79 Å². The van der Waals surface area contributed by atoms with E-state index in [4.69, 9.17) is 4.74 Å². The number of carbonyl (C=O) groups is 1. The molecule has 0 radical (unpaired) electrons. The lowest BCUT2D eigenvalue weighted by Gasteiger charge is -2.11. The molecule has 0 atom stereocenters. The van der Waals surface area contributed by atoms with Crippen molar-refractivity contribution in [1.29, 1.82) is 0 Å². The van der Waals surface area contributed by atoms with E-state index in [0.717, 1.165) is 42.9 Å². The van der Waals surface area contributed by atoms with Crippen molar-refractivity contribution in [2.75, 3.05) is 33.8 Å². The highest BCUT2D eigenvalue weighted by molar-refractivity contribution is 5.95. The molecule has 0 spiro atoms. The third-order valence-electron chi connectivity index (χ3n) is 3.85. The highest BCUT2D eigenvalue weighted by Crippen LogP contribution is 2.23. The van der Waals surface area contributed by atoms with Gasteiger partial charge in [0.1, 0.15) is 5.75 Å². The summed E-state index contributed by atoms with van der Waals surface area (Å²) in [6.45, 7) is 4.46. The molecule has 0 aliphatic rings. The van der Waals surface area contributed by atoms with Gasteiger partial charge in [-0.05, 0) is 68.9 Å². The number of amides is 1. The van der Waals surface area contributed by atoms with Crippen molar-refractivity contribution < 1.29 is 9.53 Å². The summed E-state index contributed by atoms with van der Waals surface area (Å²) in [7, 11) is 4.06. The van der Waals surface area contributed by atoms with E-state index in [2.05, 4.69) is 17.1 Å². The molecular formula is C21H28N2O2. The summed E-state index contributed by atoms with van der Waals surface area (Å²) in [6, 6.07) is 15.7. The Labute approximate surface area is 150 Å². The van der Waals surface area contributed by atoms with Crippen molar-refractivity contribution in [2.24, 2.45) is 0 Å². The molecule has 0 aliphatic heterocycles. The zero-order valence-electron chi connectivity index (χ0n) is 15.4. The van der Waals surface area contributed by atoms with Gasteiger partial charge in [-0.2, -0.15) is 0 Å². The summed E-state index contributed by atoms with van der Waals surface area (Å²) < 4.78 is 5.61. The minimum Gasteiger partial charge on any atom is -0.494 e. The minimum atomic E-state index is -0.0245. The number of hydrogen-bond donors (Lipinski definition) is 1. The summed E-state index contributed by atoms with van der Waals surface area (Å²) >= 11 is 0. The molecule has 1 amide bonds. The van der Waals surface area contributed by atoms with Gasteiger partial charge < -0.3 is 15.0 Å². The molecule has 0 aromatic heterocycles. The Bertz CT molecular complexity index is 666. The Kier molecular flexibility index (Phi) is 7.48. The highest BCUT2D eigenvalue weighted by Gasteiger charge is 2.07. The largest absolute Gasteiger partial charge is 0.494 e. The number of hydrogen-bond acceptors (Lipinski definition) is 3. The van der Waals surface area contributed by atoms with Crippen molar-refractivity contribution in [2.45, 2.75) is 19.8 Å². The maximum atomic E-state index is 12.3. The van der Waals surface area contributed by atoms with Gasteiger partial charge in [0.25, 0.3) is 5.91 Å². The van der Waals surface area contributed by atoms with Crippen LogP contribution in [0.5, 0.6) is 5.75 Å². The Morgan fingerprint density at radius 1 is 1.08 bits per heavy atom. The second-order valence-corrected chi connectivity index (χ2v) is 6.37. The SMILES string of the molecule is CCCOc1ccc(-c2cccc(C(=O)NCCCN(C)C)c2)cc1. The number of ether oxygens (including phenoxy) is 1. The number of rotatable bonds is 9. The molecule has 2 aromatic carbocycles. The molecule has 0 fully saturated rings. The van der Waals surface area contributed by atoms with Gasteiger partial charge >= 0.3 is 0 Å². The second-order valence-electron chi connectivity index (χ2n) is 6.37. The molecule has 0 bridgehead atoms. The zero-order valence-corrected chi connectivity index (χ0v) is 15.4. The first-order valence-electron chi connectivity index (χ1n) is 8.86. The molecule has 0 saturated carbocycles. The van der Waals surface area contributed by atoms with Crippen LogP contribution in [0.3, 0.4) is 0 Å². The van der Waals surface area contributed by atoms with E-state index in [1.807, 2.05) is 62.6 Å². The van der Waals surface area contributed by atoms with Crippen LogP contribution in [-0.2, 0) is 0 Å². The van der Waals surface area contributed by atoms with Crippen LogP contribution in [0.2, 0.25) is 0 Å². The molecular weight excluding hydrogens is 312 g/mol. The van der Waals surface area contributed by atoms with E-state index in [-0.39, 0.29) is 5.91 Å². The first-order chi connectivity index (χ1) is 12.1. The van der Waals surface area contributed by atoms with Gasteiger partial charge in [-0.15, -0.1) is 0 Å². The minimum absolute atomic E-state index is 0.0245. The van der Waals surface area contributed by atoms with Crippen molar-refractivity contribution in [1.82, 2.24) is 10.2 Å². The van der Waals surface area contributed by atoms with Crippen molar-refractivity contribution in [3.63, 3.8) is 0 Å². The Balaban J connectivity index is 1.99. The average molecular weight is 340 g/mol. The van der Waals surface area contributed by atoms with E-state index < -0.39 is 0 Å². The number of nitrogens with one attached hydrogen (secondary N) is 1. The van der Waals surface area contributed by atoms with Gasteiger partial charge in [0.2, 0.25) is 0 Å². The third-order valence-corrected chi connectivity index (χ3v) is 3.85. The summed E-state index contributed by atoms with van der Waals surface area (Å²) in [4.78, 5) is 14.4. The lowest BCUT2D eigenvalue weighted by molar-refractivity contribution is 0.0952. The van der Waals surface area contributed by atoms with Gasteiger partial charge in [-0.1, -0.05) is 31.2 Å². The molecule has 25 heavy (non-hydrogen) atoms. The Morgan fingerprint density at radius 2 is 1.84 bits per heavy atom. The number of carbonyl (C=O) groups excluding carboxylic acids is 1. The smallest absolute Gasteiger partial charge is 0.251 e. The van der Waals surface area contributed by atoms with Gasteiger partial charge in [-0.25, -0.2) is 0 Å². The Morgan fingerprint density at radius 3 is 2.52 bits per heavy atom. The standard InChI is InChI=1S/C21H28N2O2/c1-4-15-25-20-11-9-17(10-12-20)18-7-5-8-19(16-18)21(24)22-13-6-14-23(2)3/h5,7-12,16H,4,6,13-15H2,1-3H3,(H,22,24). The number of benzene rings is 2. The molecule has 1 N–H and O–H groups in total. The first-order valence-corrected chi connectivity index (χ1v) is 8.86. The van der Waals surface area contributed by atoms with Crippen molar-refractivity contribution in [3.8, 4) is 16.9 Å². The first kappa shape index (κ1) is 19.0. The lowest BCUT2D eigenvalue weighted by Crippen LogP contribution is -2.27. The molecule has 0 saturated heterocycles. The van der Waals surface area contributed by atoms with Crippen molar-refractivity contribution in [3.05, 3.63) is 54.1 Å². The van der Waals surface area contributed by atoms with Gasteiger partial charge in [0.05, 0.1) is 6.61 Å². The molecule has 0 heterocycles. The van der Waals surface area contributed by atoms with Crippen LogP contribution in [0.25, 0.3) is 11.1 Å². The average Bonchev–Trinajstić information content (AvgIpc) is 2.63. The predicted octanol–water partition coefficient (Wildman–Crippen LogP) is 3.82. The normalized spacial score (nSPS) is 10.7. The third kappa shape index (κ3) is 6.24. The zero-order chi connectivity index (χ0) is 18.1. The monoisotopic (exact) mass is 340 g/mol. The molecule has 4 nitrogen and oxygen atoms in total. The molecule has 2 aromatic rings. The maximum absolute atomic E-state index is 12.3. The van der Waals surface area contributed by atoms with E-state index in [9.17, 15) is 4.79 Å². The molecule has 0 aliphatic carbocycles. The van der Waals surface area contributed by atoms with Gasteiger partial charge in [0, 0.05) is 12.1 Å². The fourth-order valence-corrected chi connectivity index (χ4v) is 2.50. The fourth-order valence-electron chi connectivity index (χ4n) is 2.50. The van der Waals surface area contributed by atoms with E-state index in [0.29, 0.717) is 12.1 Å². The van der Waals surface area contributed by atoms with Gasteiger partial charge in [0.15, 0.2) is 0 Å². The summed E-state index contributed by atoms with van der Waals surface area (Å²) in [5.74, 6) is 0.851. The van der Waals surface area contributed by atoms with Crippen LogP contribution in [0, 0.1) is 0 Å². The number of nitrogens with zero attached hydrogens (tertiary/aromatic N) is 1. The Hall–Kier alpha value is -2.33. The molecule has 4 heteroatoms. The summed E-state index contributed by atoms with van der Waals surface area (Å²) in [5, 5.41) is 2.98. The van der Waals surface area contributed by atoms with Crippen molar-refractivity contribution >= 4 is 5.91 Å². The molecule has 134 valence electrons. The summed E-state index contributed by atoms with van der Waals surface area (Å²) in [5.41, 5.74) is 2.79. The lowest BCUT2D eigenvalue weighted by atomic mass is 10.0. The van der Waals surface area contributed by atoms with E-state index in [1.165, 1.54) is 0 Å². The van der Waals surface area contributed by atoms with E-state index in [1.54, 1.807) is 0 Å². The van der Waals surface area contributed by atoms with Crippen LogP contribution in [0.15, 0.2) is 48.5 Å². The van der Waals surface area contributed by atoms with E-state index >= 15 is 0 Å². The molecule has 2 rings (SSSR count). The summed E-state index contributed by atoms with van der Waals surface area (Å²) in [6.07, 6.45) is 1.94. The quantitative estimate of drug-likeness (QED) is 0.706. The van der Waals surface area contributed by atoms with Crippen LogP contribution < -0.4 is 10.1 Å². The second kappa shape index (κ2) is 9.84. The molecule has 0 unspecified atom stereocenters. The van der Waals surface area contributed by atoms with Crippen LogP contribution >= 0.6 is 0 Å². The van der Waals surface area contributed by atoms with Crippen LogP contribution in [-0.4, -0.2) is 44.6 Å². The van der Waals surface area contributed by atoms with Crippen LogP contribution in [0.4, 0.5) is 0 Å². The predicted molar refractivity (Wildman–Crippen MR) is 103 cm³/mol. The topological polar surface area (TPSA) is 41.6 Å². The fraction of sp³-hybridized carbons (Fsp3) is 0.381. The maximum Gasteiger partial charge on any atom is 0.251 e. The highest BCUT2D eigenvalue weighted by atomic mass is 16.5.